The molecule has 24 heavy (non-hydrogen) atoms. The largest absolute Gasteiger partial charge is 0.323 e. The summed E-state index contributed by atoms with van der Waals surface area (Å²) in [4.78, 5) is 6.30. The van der Waals surface area contributed by atoms with Crippen LogP contribution >= 0.6 is 11.3 Å². The van der Waals surface area contributed by atoms with Crippen LogP contribution in [0, 0.1) is 0 Å². The normalized spacial score (nSPS) is 10.9. The molecule has 0 bridgehead atoms. The van der Waals surface area contributed by atoms with E-state index in [1.54, 1.807) is 11.3 Å². The number of benzene rings is 2. The van der Waals surface area contributed by atoms with Crippen molar-refractivity contribution < 1.29 is 0 Å². The number of rotatable bonds is 4. The Bertz CT molecular complexity index is 923. The molecule has 0 spiro atoms. The monoisotopic (exact) mass is 330 g/mol. The van der Waals surface area contributed by atoms with E-state index in [0.29, 0.717) is 0 Å². The third-order valence-corrected chi connectivity index (χ3v) is 4.99. The summed E-state index contributed by atoms with van der Waals surface area (Å²) in [5.41, 5.74) is 4.57. The van der Waals surface area contributed by atoms with Crippen LogP contribution < -0.4 is 0 Å². The van der Waals surface area contributed by atoms with Gasteiger partial charge >= 0.3 is 0 Å². The Morgan fingerprint density at radius 3 is 2.08 bits per heavy atom. The maximum absolute atomic E-state index is 5.05. The van der Waals surface area contributed by atoms with Gasteiger partial charge in [0.2, 0.25) is 0 Å². The van der Waals surface area contributed by atoms with Crippen LogP contribution in [0.25, 0.3) is 33.2 Å². The van der Waals surface area contributed by atoms with E-state index in [1.807, 2.05) is 12.1 Å². The smallest absolute Gasteiger partial charge is 0.141 e. The van der Waals surface area contributed by atoms with E-state index in [9.17, 15) is 0 Å². The Balaban J connectivity index is 2.01. The number of hydrogen-bond donors (Lipinski definition) is 0. The van der Waals surface area contributed by atoms with Gasteiger partial charge in [-0.05, 0) is 18.4 Å². The fourth-order valence-corrected chi connectivity index (χ4v) is 3.81. The molecule has 0 radical (unpaired) electrons. The highest BCUT2D eigenvalue weighted by Gasteiger charge is 2.20. The summed E-state index contributed by atoms with van der Waals surface area (Å²) in [5, 5.41) is 2.12. The van der Waals surface area contributed by atoms with Crippen molar-refractivity contribution in [1.82, 2.24) is 9.55 Å². The lowest BCUT2D eigenvalue weighted by molar-refractivity contribution is 0.779. The van der Waals surface area contributed by atoms with Crippen LogP contribution in [0.3, 0.4) is 0 Å². The second-order valence-electron chi connectivity index (χ2n) is 5.59. The van der Waals surface area contributed by atoms with E-state index in [1.165, 1.54) is 10.6 Å². The van der Waals surface area contributed by atoms with Crippen molar-refractivity contribution in [3.63, 3.8) is 0 Å². The van der Waals surface area contributed by atoms with Crippen molar-refractivity contribution in [2.45, 2.75) is 13.5 Å². The average molecular weight is 330 g/mol. The SMILES string of the molecule is CCn1c(-c2ccccc2)nc(-c2ccccc2)c1-c1cccs1. The van der Waals surface area contributed by atoms with E-state index in [0.717, 1.165) is 29.2 Å². The number of nitrogens with zero attached hydrogens (tertiary/aromatic N) is 2. The Kier molecular flexibility index (Phi) is 4.01. The van der Waals surface area contributed by atoms with Crippen molar-refractivity contribution in [2.75, 3.05) is 0 Å². The fourth-order valence-electron chi connectivity index (χ4n) is 3.03. The van der Waals surface area contributed by atoms with E-state index in [4.69, 9.17) is 4.98 Å². The van der Waals surface area contributed by atoms with Gasteiger partial charge in [-0.1, -0.05) is 66.7 Å². The molecule has 0 unspecified atom stereocenters. The molecule has 3 heteroatoms. The van der Waals surface area contributed by atoms with Crippen LogP contribution in [0.5, 0.6) is 0 Å². The maximum atomic E-state index is 5.05. The molecular weight excluding hydrogens is 312 g/mol. The molecule has 2 aromatic heterocycles. The van der Waals surface area contributed by atoms with Gasteiger partial charge in [-0.25, -0.2) is 4.98 Å². The van der Waals surface area contributed by atoms with Gasteiger partial charge in [0, 0.05) is 17.7 Å². The third kappa shape index (κ3) is 2.57. The first-order valence-corrected chi connectivity index (χ1v) is 9.01. The lowest BCUT2D eigenvalue weighted by Crippen LogP contribution is -1.99. The minimum Gasteiger partial charge on any atom is -0.323 e. The standard InChI is InChI=1S/C21H18N2S/c1-2-23-20(18-14-9-15-24-18)19(16-10-5-3-6-11-16)22-21(23)17-12-7-4-8-13-17/h3-15H,2H2,1H3. The zero-order valence-electron chi connectivity index (χ0n) is 13.5. The molecular formula is C21H18N2S. The minimum absolute atomic E-state index is 0.886. The minimum atomic E-state index is 0.886. The molecule has 2 aromatic carbocycles. The molecule has 118 valence electrons. The second-order valence-corrected chi connectivity index (χ2v) is 6.53. The molecule has 0 fully saturated rings. The molecule has 0 aliphatic rings. The van der Waals surface area contributed by atoms with Gasteiger partial charge < -0.3 is 4.57 Å². The number of imidazole rings is 1. The van der Waals surface area contributed by atoms with Gasteiger partial charge in [0.05, 0.1) is 16.3 Å². The topological polar surface area (TPSA) is 17.8 Å². The molecule has 2 nitrogen and oxygen atoms in total. The lowest BCUT2D eigenvalue weighted by atomic mass is 10.1. The lowest BCUT2D eigenvalue weighted by Gasteiger charge is -2.09. The van der Waals surface area contributed by atoms with Crippen LogP contribution in [0.2, 0.25) is 0 Å². The van der Waals surface area contributed by atoms with Gasteiger partial charge in [0.25, 0.3) is 0 Å². The zero-order valence-corrected chi connectivity index (χ0v) is 14.3. The molecule has 0 aliphatic heterocycles. The zero-order chi connectivity index (χ0) is 16.4. The first-order valence-electron chi connectivity index (χ1n) is 8.13. The van der Waals surface area contributed by atoms with Crippen molar-refractivity contribution in [3.05, 3.63) is 78.2 Å². The summed E-state index contributed by atoms with van der Waals surface area (Å²) in [7, 11) is 0. The van der Waals surface area contributed by atoms with Crippen molar-refractivity contribution >= 4 is 11.3 Å². The molecule has 0 saturated carbocycles. The van der Waals surface area contributed by atoms with E-state index >= 15 is 0 Å². The molecule has 4 rings (SSSR count). The molecule has 2 heterocycles. The highest BCUT2D eigenvalue weighted by atomic mass is 32.1. The third-order valence-electron chi connectivity index (χ3n) is 4.12. The van der Waals surface area contributed by atoms with Crippen LogP contribution in [0.1, 0.15) is 6.92 Å². The number of thiophene rings is 1. The highest BCUT2D eigenvalue weighted by Crippen LogP contribution is 2.38. The quantitative estimate of drug-likeness (QED) is 0.451. The van der Waals surface area contributed by atoms with E-state index in [-0.39, 0.29) is 0 Å². The summed E-state index contributed by atoms with van der Waals surface area (Å²) in [6.07, 6.45) is 0. The van der Waals surface area contributed by atoms with Gasteiger partial charge in [-0.3, -0.25) is 0 Å². The summed E-state index contributed by atoms with van der Waals surface area (Å²) in [6, 6.07) is 25.2. The first-order chi connectivity index (χ1) is 11.9. The van der Waals surface area contributed by atoms with E-state index in [2.05, 4.69) is 77.5 Å². The van der Waals surface area contributed by atoms with Crippen molar-refractivity contribution in [1.29, 1.82) is 0 Å². The predicted molar refractivity (Wildman–Crippen MR) is 102 cm³/mol. The maximum Gasteiger partial charge on any atom is 0.141 e. The summed E-state index contributed by atoms with van der Waals surface area (Å²) in [5.74, 6) is 1.03. The van der Waals surface area contributed by atoms with E-state index < -0.39 is 0 Å². The van der Waals surface area contributed by atoms with Crippen molar-refractivity contribution in [3.8, 4) is 33.2 Å². The number of aromatic nitrogens is 2. The summed E-state index contributed by atoms with van der Waals surface area (Å²) < 4.78 is 2.32. The molecule has 0 aliphatic carbocycles. The Labute approximate surface area is 146 Å². The number of hydrogen-bond acceptors (Lipinski definition) is 2. The molecule has 0 saturated heterocycles. The molecule has 0 N–H and O–H groups in total. The Morgan fingerprint density at radius 2 is 1.50 bits per heavy atom. The molecule has 0 atom stereocenters. The predicted octanol–water partition coefficient (Wildman–Crippen LogP) is 5.97. The van der Waals surface area contributed by atoms with Crippen LogP contribution in [-0.4, -0.2) is 9.55 Å². The van der Waals surface area contributed by atoms with Gasteiger partial charge in [0.15, 0.2) is 0 Å². The summed E-state index contributed by atoms with van der Waals surface area (Å²) >= 11 is 1.76. The molecule has 0 amide bonds. The summed E-state index contributed by atoms with van der Waals surface area (Å²) in [6.45, 7) is 3.07. The highest BCUT2D eigenvalue weighted by molar-refractivity contribution is 7.13. The van der Waals surface area contributed by atoms with Gasteiger partial charge in [-0.2, -0.15) is 0 Å². The van der Waals surface area contributed by atoms with Crippen LogP contribution in [0.4, 0.5) is 0 Å². The fraction of sp³-hybridized carbons (Fsp3) is 0.0952. The van der Waals surface area contributed by atoms with Crippen LogP contribution in [0.15, 0.2) is 78.2 Å². The van der Waals surface area contributed by atoms with Gasteiger partial charge in [-0.15, -0.1) is 11.3 Å². The van der Waals surface area contributed by atoms with Gasteiger partial charge in [0.1, 0.15) is 5.82 Å². The first kappa shape index (κ1) is 14.9. The van der Waals surface area contributed by atoms with Crippen molar-refractivity contribution in [2.24, 2.45) is 0 Å². The Hall–Kier alpha value is -2.65. The second kappa shape index (κ2) is 6.46. The Morgan fingerprint density at radius 1 is 0.833 bits per heavy atom. The average Bonchev–Trinajstić information content (AvgIpc) is 3.30. The molecule has 4 aromatic rings. The van der Waals surface area contributed by atoms with Crippen LogP contribution in [-0.2, 0) is 6.54 Å².